The van der Waals surface area contributed by atoms with Gasteiger partial charge in [0, 0.05) is 68.0 Å². The van der Waals surface area contributed by atoms with Gasteiger partial charge in [-0.2, -0.15) is 8.75 Å². The molecule has 0 radical (unpaired) electrons. The van der Waals surface area contributed by atoms with E-state index in [0.717, 1.165) is 102 Å². The van der Waals surface area contributed by atoms with E-state index in [1.807, 2.05) is 12.1 Å². The lowest BCUT2D eigenvalue weighted by Crippen LogP contribution is -2.17. The number of anilines is 12. The molecule has 0 aliphatic carbocycles. The quantitative estimate of drug-likeness (QED) is 0.0999. The fraction of sp³-hybridized carbons (Fsp3) is 0.0286. The summed E-state index contributed by atoms with van der Waals surface area (Å²) in [5, 5.41) is 0. The van der Waals surface area contributed by atoms with Gasteiger partial charge >= 0.3 is 0 Å². The molecular formula is C70H52N8S. The third-order valence-corrected chi connectivity index (χ3v) is 14.8. The molecular weight excluding hydrogens is 985 g/mol. The van der Waals surface area contributed by atoms with Crippen molar-refractivity contribution < 1.29 is 0 Å². The number of benzene rings is 11. The molecule has 2 heterocycles. The fourth-order valence-electron chi connectivity index (χ4n) is 10.7. The van der Waals surface area contributed by atoms with Gasteiger partial charge in [-0.05, 0) is 134 Å². The first-order valence-corrected chi connectivity index (χ1v) is 27.1. The Morgan fingerprint density at radius 2 is 0.532 bits per heavy atom. The third-order valence-electron chi connectivity index (χ3n) is 14.3. The highest BCUT2D eigenvalue weighted by atomic mass is 32.1. The molecule has 378 valence electrons. The Balaban J connectivity index is 1.09. The second kappa shape index (κ2) is 21.4. The molecule has 0 aliphatic heterocycles. The Morgan fingerprint density at radius 1 is 0.266 bits per heavy atom. The van der Waals surface area contributed by atoms with Crippen molar-refractivity contribution in [3.63, 3.8) is 0 Å². The van der Waals surface area contributed by atoms with Gasteiger partial charge in [0.05, 0.1) is 23.1 Å². The molecule has 0 spiro atoms. The fourth-order valence-corrected chi connectivity index (χ4v) is 11.2. The number of hydrogen-bond acceptors (Lipinski definition) is 9. The number of nitrogens with zero attached hydrogens (tertiary/aromatic N) is 8. The molecule has 0 amide bonds. The largest absolute Gasteiger partial charge is 0.310 e. The first-order chi connectivity index (χ1) is 39.1. The first-order valence-electron chi connectivity index (χ1n) is 26.4. The van der Waals surface area contributed by atoms with Crippen LogP contribution < -0.4 is 19.6 Å². The topological polar surface area (TPSA) is 64.5 Å². The lowest BCUT2D eigenvalue weighted by Gasteiger charge is -2.32. The van der Waals surface area contributed by atoms with Crippen LogP contribution in [0.25, 0.3) is 44.6 Å². The number of aromatic nitrogens is 4. The van der Waals surface area contributed by atoms with Crippen LogP contribution in [0.5, 0.6) is 0 Å². The second-order valence-corrected chi connectivity index (χ2v) is 19.8. The number of fused-ring (bicyclic) bond motifs is 2. The van der Waals surface area contributed by atoms with Crippen LogP contribution in [0, 0.1) is 13.8 Å². The lowest BCUT2D eigenvalue weighted by atomic mass is 10.0. The van der Waals surface area contributed by atoms with Gasteiger partial charge in [0.25, 0.3) is 0 Å². The van der Waals surface area contributed by atoms with Gasteiger partial charge < -0.3 is 19.6 Å². The van der Waals surface area contributed by atoms with Gasteiger partial charge in [-0.3, -0.25) is 0 Å². The van der Waals surface area contributed by atoms with Crippen LogP contribution in [-0.2, 0) is 0 Å². The molecule has 0 atom stereocenters. The molecule has 9 heteroatoms. The SMILES string of the molecule is Cc1cc(N(c2ccccc2)c2c3nsnc3c(N(c3ccccc3)c3ccc(N(c4ccccc4)c4ccccc4)c(C)c3)c3nc(-c4ccccc4)c(-c4ccccc4)nc23)ccc1N(c1ccccc1)c1ccccc1. The average Bonchev–Trinajstić information content (AvgIpc) is 3.89. The van der Waals surface area contributed by atoms with E-state index in [4.69, 9.17) is 18.7 Å². The van der Waals surface area contributed by atoms with Crippen LogP contribution in [-0.4, -0.2) is 18.7 Å². The van der Waals surface area contributed by atoms with Gasteiger partial charge in [-0.25, -0.2) is 9.97 Å². The summed E-state index contributed by atoms with van der Waals surface area (Å²) in [5.74, 6) is 0. The van der Waals surface area contributed by atoms with E-state index in [0.29, 0.717) is 22.1 Å². The number of para-hydroxylation sites is 6. The van der Waals surface area contributed by atoms with Crippen LogP contribution >= 0.6 is 11.7 Å². The summed E-state index contributed by atoms with van der Waals surface area (Å²) in [4.78, 5) is 21.0. The predicted molar refractivity (Wildman–Crippen MR) is 330 cm³/mol. The molecule has 0 aliphatic rings. The standard InChI is InChI=1S/C70H52N8S/c1-49-47-59(43-45-61(49)75(53-31-15-5-16-32-53)54-33-17-6-18-34-54)77(57-39-23-9-24-40-57)69-65-66(72-64(52-29-13-4-14-30-52)63(71-65)51-27-11-3-12-28-51)70(68-67(69)73-79-74-68)78(58-41-25-10-26-42-58)60-44-46-62(50(2)48-60)76(55-35-19-7-20-36-55)56-37-21-8-22-38-56/h3-48H,1-2H3. The molecule has 11 aromatic carbocycles. The first kappa shape index (κ1) is 48.4. The maximum atomic E-state index is 5.91. The molecule has 13 aromatic rings. The van der Waals surface area contributed by atoms with E-state index in [1.165, 1.54) is 11.7 Å². The maximum absolute atomic E-state index is 5.91. The lowest BCUT2D eigenvalue weighted by molar-refractivity contribution is 1.21. The molecule has 0 saturated carbocycles. The Hall–Kier alpha value is -10.2. The molecule has 0 unspecified atom stereocenters. The Morgan fingerprint density at radius 3 is 0.810 bits per heavy atom. The summed E-state index contributed by atoms with van der Waals surface area (Å²) in [7, 11) is 0. The van der Waals surface area contributed by atoms with Crippen molar-refractivity contribution in [1.82, 2.24) is 18.7 Å². The molecule has 8 nitrogen and oxygen atoms in total. The second-order valence-electron chi connectivity index (χ2n) is 19.3. The summed E-state index contributed by atoms with van der Waals surface area (Å²) >= 11 is 1.20. The molecule has 0 saturated heterocycles. The molecule has 0 N–H and O–H groups in total. The number of rotatable bonds is 14. The normalized spacial score (nSPS) is 11.2. The maximum Gasteiger partial charge on any atom is 0.133 e. The monoisotopic (exact) mass is 1040 g/mol. The van der Waals surface area contributed by atoms with Crippen molar-refractivity contribution >= 4 is 102 Å². The van der Waals surface area contributed by atoms with Crippen LogP contribution in [0.15, 0.2) is 279 Å². The van der Waals surface area contributed by atoms with Gasteiger partial charge in [0.15, 0.2) is 0 Å². The highest BCUT2D eigenvalue weighted by Crippen LogP contribution is 2.52. The number of hydrogen-bond donors (Lipinski definition) is 0. The summed E-state index contributed by atoms with van der Waals surface area (Å²) in [5.41, 5.74) is 19.9. The van der Waals surface area contributed by atoms with E-state index < -0.39 is 0 Å². The van der Waals surface area contributed by atoms with Gasteiger partial charge in [-0.1, -0.05) is 170 Å². The summed E-state index contributed by atoms with van der Waals surface area (Å²) in [6, 6.07) is 97.3. The molecule has 79 heavy (non-hydrogen) atoms. The summed E-state index contributed by atoms with van der Waals surface area (Å²) in [6.07, 6.45) is 0. The van der Waals surface area contributed by atoms with E-state index in [9.17, 15) is 0 Å². The third kappa shape index (κ3) is 9.28. The number of aryl methyl sites for hydroxylation is 2. The highest BCUT2D eigenvalue weighted by molar-refractivity contribution is 7.00. The molecule has 13 rings (SSSR count). The van der Waals surface area contributed by atoms with Gasteiger partial charge in [-0.15, -0.1) is 0 Å². The molecule has 0 bridgehead atoms. The Kier molecular flexibility index (Phi) is 13.1. The Bertz CT molecular complexity index is 3860. The van der Waals surface area contributed by atoms with Crippen LogP contribution in [0.2, 0.25) is 0 Å². The molecule has 0 fully saturated rings. The minimum Gasteiger partial charge on any atom is -0.310 e. The van der Waals surface area contributed by atoms with Gasteiger partial charge in [0.1, 0.15) is 33.4 Å². The minimum atomic E-state index is 0.670. The van der Waals surface area contributed by atoms with E-state index >= 15 is 0 Å². The van der Waals surface area contributed by atoms with Crippen molar-refractivity contribution in [2.45, 2.75) is 13.8 Å². The van der Waals surface area contributed by atoms with Crippen LogP contribution in [0.3, 0.4) is 0 Å². The van der Waals surface area contributed by atoms with Crippen molar-refractivity contribution in [1.29, 1.82) is 0 Å². The van der Waals surface area contributed by atoms with E-state index in [2.05, 4.69) is 300 Å². The smallest absolute Gasteiger partial charge is 0.133 e. The van der Waals surface area contributed by atoms with E-state index in [-0.39, 0.29) is 0 Å². The van der Waals surface area contributed by atoms with E-state index in [1.54, 1.807) is 0 Å². The zero-order chi connectivity index (χ0) is 53.1. The Labute approximate surface area is 464 Å². The predicted octanol–water partition coefficient (Wildman–Crippen LogP) is 19.5. The van der Waals surface area contributed by atoms with Crippen molar-refractivity contribution in [2.24, 2.45) is 0 Å². The summed E-state index contributed by atoms with van der Waals surface area (Å²) in [6.45, 7) is 4.37. The van der Waals surface area contributed by atoms with Crippen molar-refractivity contribution in [2.75, 3.05) is 19.6 Å². The van der Waals surface area contributed by atoms with Crippen molar-refractivity contribution in [3.8, 4) is 22.5 Å². The summed E-state index contributed by atoms with van der Waals surface area (Å²) < 4.78 is 10.6. The zero-order valence-electron chi connectivity index (χ0n) is 43.5. The minimum absolute atomic E-state index is 0.670. The van der Waals surface area contributed by atoms with Gasteiger partial charge in [0.2, 0.25) is 0 Å². The average molecular weight is 1040 g/mol. The highest BCUT2D eigenvalue weighted by Gasteiger charge is 2.32. The van der Waals surface area contributed by atoms with Crippen LogP contribution in [0.4, 0.5) is 68.2 Å². The van der Waals surface area contributed by atoms with Crippen molar-refractivity contribution in [3.05, 3.63) is 290 Å². The van der Waals surface area contributed by atoms with Crippen LogP contribution in [0.1, 0.15) is 11.1 Å². The molecule has 2 aromatic heterocycles. The zero-order valence-corrected chi connectivity index (χ0v) is 44.4.